The molecule has 0 N–H and O–H groups in total. The van der Waals surface area contributed by atoms with Crippen molar-refractivity contribution < 1.29 is 14.2 Å². The number of rotatable bonds is 0. The lowest BCUT2D eigenvalue weighted by Crippen LogP contribution is -2.84. The third-order valence-corrected chi connectivity index (χ3v) is 8.95. The van der Waals surface area contributed by atoms with Crippen LogP contribution in [0.5, 0.6) is 11.5 Å². The smallest absolute Gasteiger partial charge is 0.378 e. The van der Waals surface area contributed by atoms with Crippen LogP contribution in [0.1, 0.15) is 0 Å². The summed E-state index contributed by atoms with van der Waals surface area (Å²) in [6, 6.07) is 20.5. The Kier molecular flexibility index (Phi) is 2.67. The highest BCUT2D eigenvalue weighted by Gasteiger charge is 2.69. The topological polar surface area (TPSA) is 69.2 Å². The third-order valence-electron chi connectivity index (χ3n) is 8.95. The summed E-state index contributed by atoms with van der Waals surface area (Å²) >= 11 is 0. The van der Waals surface area contributed by atoms with E-state index in [2.05, 4.69) is 60.8 Å². The molecule has 0 saturated heterocycles. The van der Waals surface area contributed by atoms with Gasteiger partial charge in [-0.1, -0.05) is 18.2 Å². The Labute approximate surface area is 218 Å². The number of fused-ring (bicyclic) bond motifs is 5. The van der Waals surface area contributed by atoms with Crippen LogP contribution < -0.4 is 24.3 Å². The monoisotopic (exact) mass is 506 g/mol. The lowest BCUT2D eigenvalue weighted by Gasteiger charge is -2.31. The van der Waals surface area contributed by atoms with Crippen LogP contribution in [0, 0.1) is 0 Å². The van der Waals surface area contributed by atoms with Crippen LogP contribution >= 0.6 is 0 Å². The van der Waals surface area contributed by atoms with Crippen molar-refractivity contribution in [1.29, 1.82) is 0 Å². The number of ether oxygens (including phenoxy) is 1. The van der Waals surface area contributed by atoms with Crippen molar-refractivity contribution in [3.8, 4) is 22.9 Å². The summed E-state index contributed by atoms with van der Waals surface area (Å²) in [7, 11) is 2.10. The van der Waals surface area contributed by atoms with Gasteiger partial charge in [0.1, 0.15) is 10.3 Å². The molecule has 3 aromatic carbocycles. The lowest BCUT2D eigenvalue weighted by atomic mass is 10.0. The fourth-order valence-corrected chi connectivity index (χ4v) is 7.62. The Morgan fingerprint density at radius 1 is 0.846 bits per heavy atom. The van der Waals surface area contributed by atoms with E-state index in [1.807, 2.05) is 42.7 Å². The number of quaternary nitrogens is 1. The van der Waals surface area contributed by atoms with Gasteiger partial charge >= 0.3 is 17.2 Å². The molecule has 1 atom stereocenters. The van der Waals surface area contributed by atoms with Gasteiger partial charge in [0.05, 0.1) is 39.6 Å². The fraction of sp³-hybridized carbons (Fsp3) is 0.0333. The van der Waals surface area contributed by atoms with Gasteiger partial charge in [0.15, 0.2) is 16.8 Å². The van der Waals surface area contributed by atoms with Crippen molar-refractivity contribution >= 4 is 60.6 Å². The number of aromatic nitrogens is 6. The van der Waals surface area contributed by atoms with E-state index in [4.69, 9.17) is 9.84 Å². The van der Waals surface area contributed by atoms with Gasteiger partial charge in [0.2, 0.25) is 22.2 Å². The summed E-state index contributed by atoms with van der Waals surface area (Å²) in [6.07, 6.45) is 5.39. The highest BCUT2D eigenvalue weighted by Crippen LogP contribution is 2.59. The summed E-state index contributed by atoms with van der Waals surface area (Å²) in [4.78, 5) is 20.6. The molecular formula is C30H16N7O2+3. The quantitative estimate of drug-likeness (QED) is 0.177. The first-order valence-electron chi connectivity index (χ1n) is 12.9. The maximum absolute atomic E-state index is 14.0. The average Bonchev–Trinajstić information content (AvgIpc) is 3.58. The third kappa shape index (κ3) is 1.63. The van der Waals surface area contributed by atoms with Gasteiger partial charge in [-0.25, -0.2) is 4.57 Å². The zero-order valence-electron chi connectivity index (χ0n) is 20.5. The zero-order chi connectivity index (χ0) is 25.4. The molecule has 0 amide bonds. The van der Waals surface area contributed by atoms with Crippen molar-refractivity contribution in [2.24, 2.45) is 7.05 Å². The van der Waals surface area contributed by atoms with Crippen LogP contribution in [-0.4, -0.2) is 19.1 Å². The van der Waals surface area contributed by atoms with E-state index in [1.54, 1.807) is 6.20 Å². The van der Waals surface area contributed by atoms with Crippen molar-refractivity contribution in [2.75, 3.05) is 0 Å². The second-order valence-electron chi connectivity index (χ2n) is 10.6. The molecular weight excluding hydrogens is 490 g/mol. The zero-order valence-corrected chi connectivity index (χ0v) is 20.5. The number of hydrogen-bond acceptors (Lipinski definition) is 4. The number of nitrogens with zero attached hydrogens (tertiary/aromatic N) is 7. The van der Waals surface area contributed by atoms with E-state index in [0.717, 1.165) is 67.0 Å². The van der Waals surface area contributed by atoms with Gasteiger partial charge in [-0.3, -0.25) is 9.78 Å². The first-order valence-corrected chi connectivity index (χ1v) is 12.9. The predicted octanol–water partition coefficient (Wildman–Crippen LogP) is 4.02. The molecule has 0 saturated carbocycles. The minimum Gasteiger partial charge on any atom is -0.444 e. The van der Waals surface area contributed by atoms with E-state index in [1.165, 1.54) is 0 Å². The molecule has 3 aliphatic heterocycles. The van der Waals surface area contributed by atoms with Crippen molar-refractivity contribution in [3.63, 3.8) is 0 Å². The number of hydrogen-bond donors (Lipinski definition) is 0. The second-order valence-corrected chi connectivity index (χ2v) is 10.6. The van der Waals surface area contributed by atoms with Crippen LogP contribution in [-0.2, 0) is 7.05 Å². The number of benzene rings is 3. The molecule has 1 spiro atoms. The van der Waals surface area contributed by atoms with Crippen molar-refractivity contribution in [3.05, 3.63) is 89.5 Å². The molecule has 39 heavy (non-hydrogen) atoms. The molecule has 5 aromatic heterocycles. The summed E-state index contributed by atoms with van der Waals surface area (Å²) in [5, 5.41) is 8.27. The molecule has 11 rings (SSSR count). The van der Waals surface area contributed by atoms with E-state index >= 15 is 0 Å². The van der Waals surface area contributed by atoms with Gasteiger partial charge in [0, 0.05) is 17.1 Å². The Morgan fingerprint density at radius 2 is 1.72 bits per heavy atom. The number of pyridine rings is 2. The van der Waals surface area contributed by atoms with E-state index < -0.39 is 0 Å². The minimum absolute atomic E-state index is 0.0258. The summed E-state index contributed by atoms with van der Waals surface area (Å²) in [5.74, 6) is 2.52. The predicted molar refractivity (Wildman–Crippen MR) is 144 cm³/mol. The molecule has 8 heterocycles. The van der Waals surface area contributed by atoms with Crippen LogP contribution in [0.4, 0.5) is 11.4 Å². The molecule has 9 heteroatoms. The number of aryl methyl sites for hydroxylation is 1. The highest BCUT2D eigenvalue weighted by molar-refractivity contribution is 6.17. The molecule has 8 aromatic rings. The largest absolute Gasteiger partial charge is 0.444 e. The number of imidazole rings is 1. The van der Waals surface area contributed by atoms with Crippen molar-refractivity contribution in [2.45, 2.75) is 0 Å². The first-order chi connectivity index (χ1) is 19.2. The van der Waals surface area contributed by atoms with E-state index in [0.29, 0.717) is 16.5 Å². The number of para-hydroxylation sites is 3. The average molecular weight is 507 g/mol. The Bertz CT molecular complexity index is 2580. The molecule has 9 nitrogen and oxygen atoms in total. The summed E-state index contributed by atoms with van der Waals surface area (Å²) in [6.45, 7) is 0. The van der Waals surface area contributed by atoms with Crippen LogP contribution in [0.3, 0.4) is 0 Å². The summed E-state index contributed by atoms with van der Waals surface area (Å²) in [5.41, 5.74) is 7.68. The van der Waals surface area contributed by atoms with Gasteiger partial charge in [0.25, 0.3) is 5.69 Å². The second kappa shape index (κ2) is 5.54. The Hall–Kier alpha value is -5.41. The SMILES string of the molecule is Cn1c2[n+](c3ccccc31)[N+]13c4c(cccc4-2)Oc2ccc4c(=O)c5cncc6c7ccn[n+]1c7n(c4c23)c56. The van der Waals surface area contributed by atoms with Gasteiger partial charge in [-0.15, -0.1) is 0 Å². The van der Waals surface area contributed by atoms with E-state index in [-0.39, 0.29) is 10.1 Å². The molecule has 3 aliphatic rings. The maximum Gasteiger partial charge on any atom is 0.378 e. The highest BCUT2D eigenvalue weighted by atomic mass is 16.5. The van der Waals surface area contributed by atoms with E-state index in [9.17, 15) is 4.79 Å². The van der Waals surface area contributed by atoms with Gasteiger partial charge in [-0.2, -0.15) is 4.40 Å². The molecule has 1 unspecified atom stereocenters. The minimum atomic E-state index is -0.0258. The van der Waals surface area contributed by atoms with Crippen LogP contribution in [0.2, 0.25) is 0 Å². The Balaban J connectivity index is 1.56. The lowest BCUT2D eigenvalue weighted by molar-refractivity contribution is -1.04. The fourth-order valence-electron chi connectivity index (χ4n) is 7.62. The van der Waals surface area contributed by atoms with Crippen LogP contribution in [0.15, 0.2) is 84.0 Å². The Morgan fingerprint density at radius 3 is 2.67 bits per heavy atom. The summed E-state index contributed by atoms with van der Waals surface area (Å²) < 4.78 is 13.6. The molecule has 180 valence electrons. The maximum atomic E-state index is 14.0. The molecule has 0 radical (unpaired) electrons. The molecule has 0 bridgehead atoms. The molecule has 0 aliphatic carbocycles. The normalized spacial score (nSPS) is 17.8. The molecule has 0 fully saturated rings. The van der Waals surface area contributed by atoms with Crippen molar-refractivity contribution in [1.82, 2.24) is 23.8 Å². The van der Waals surface area contributed by atoms with Gasteiger partial charge < -0.3 is 4.74 Å². The standard InChI is InChI=1S/C30H16N7O2/c1-33-20-6-2-3-7-21(20)35-29(33)17-5-4-8-22-26(17)37(35)27-23(39-22)10-9-16-25(27)34-24-18(13-31-14-19(24)28(16)38)15-11-12-32-36(37)30(15)34/h2-14H,1H3/q+3. The first kappa shape index (κ1) is 18.8. The van der Waals surface area contributed by atoms with Gasteiger partial charge in [-0.05, 0) is 47.6 Å². The van der Waals surface area contributed by atoms with Crippen LogP contribution in [0.25, 0.3) is 60.6 Å².